The van der Waals surface area contributed by atoms with Gasteiger partial charge in [-0.2, -0.15) is 0 Å². The predicted octanol–water partition coefficient (Wildman–Crippen LogP) is 3.92. The van der Waals surface area contributed by atoms with Crippen LogP contribution in [-0.4, -0.2) is 15.9 Å². The number of amides is 1. The summed E-state index contributed by atoms with van der Waals surface area (Å²) in [4.78, 5) is 21.0. The van der Waals surface area contributed by atoms with Crippen molar-refractivity contribution < 1.29 is 4.79 Å². The molecule has 0 saturated heterocycles. The van der Waals surface area contributed by atoms with Crippen LogP contribution < -0.4 is 5.32 Å². The van der Waals surface area contributed by atoms with E-state index >= 15 is 0 Å². The Kier molecular flexibility index (Phi) is 4.89. The molecule has 126 valence electrons. The van der Waals surface area contributed by atoms with Crippen molar-refractivity contribution in [3.05, 3.63) is 94.6 Å². The van der Waals surface area contributed by atoms with E-state index in [-0.39, 0.29) is 11.9 Å². The van der Waals surface area contributed by atoms with Gasteiger partial charge in [0, 0.05) is 6.20 Å². The topological polar surface area (TPSA) is 54.9 Å². The number of benzene rings is 2. The molecule has 0 fully saturated rings. The van der Waals surface area contributed by atoms with Crippen LogP contribution in [0.15, 0.2) is 60.9 Å². The van der Waals surface area contributed by atoms with Crippen LogP contribution in [-0.2, 0) is 0 Å². The highest BCUT2D eigenvalue weighted by molar-refractivity contribution is 5.92. The van der Waals surface area contributed by atoms with Crippen molar-refractivity contribution in [2.24, 2.45) is 0 Å². The fourth-order valence-electron chi connectivity index (χ4n) is 2.66. The van der Waals surface area contributed by atoms with Crippen LogP contribution in [0.3, 0.4) is 0 Å². The van der Waals surface area contributed by atoms with E-state index in [4.69, 9.17) is 0 Å². The molecule has 0 unspecified atom stereocenters. The molecule has 0 bridgehead atoms. The first-order valence-corrected chi connectivity index (χ1v) is 8.26. The maximum absolute atomic E-state index is 12.7. The Morgan fingerprint density at radius 3 is 2.28 bits per heavy atom. The first-order valence-electron chi connectivity index (χ1n) is 8.26. The summed E-state index contributed by atoms with van der Waals surface area (Å²) in [7, 11) is 0. The zero-order valence-corrected chi connectivity index (χ0v) is 14.7. The Bertz CT molecular complexity index is 873. The third-order valence-corrected chi connectivity index (χ3v) is 4.29. The Hall–Kier alpha value is -3.01. The van der Waals surface area contributed by atoms with Crippen molar-refractivity contribution in [1.29, 1.82) is 0 Å². The second-order valence-corrected chi connectivity index (χ2v) is 6.20. The van der Waals surface area contributed by atoms with E-state index in [1.807, 2.05) is 37.3 Å². The number of aromatic nitrogens is 2. The summed E-state index contributed by atoms with van der Waals surface area (Å²) in [6.45, 7) is 6.00. The summed E-state index contributed by atoms with van der Waals surface area (Å²) in [6, 6.07) is 16.0. The summed E-state index contributed by atoms with van der Waals surface area (Å²) < 4.78 is 0. The lowest BCUT2D eigenvalue weighted by molar-refractivity contribution is 0.0937. The van der Waals surface area contributed by atoms with Crippen molar-refractivity contribution in [1.82, 2.24) is 15.3 Å². The number of nitrogens with zero attached hydrogens (tertiary/aromatic N) is 2. The van der Waals surface area contributed by atoms with Gasteiger partial charge in [-0.3, -0.25) is 9.78 Å². The standard InChI is InChI=1S/C21H21N3O/c1-14-9-10-18(11-15(14)2)20(17-7-5-4-6-8-17)24-21(25)19-13-22-16(3)12-23-19/h4-13,20H,1-3H3,(H,24,25)/t20-/m0/s1. The maximum Gasteiger partial charge on any atom is 0.272 e. The first-order chi connectivity index (χ1) is 12.0. The van der Waals surface area contributed by atoms with Crippen LogP contribution >= 0.6 is 0 Å². The third kappa shape index (κ3) is 3.91. The zero-order valence-electron chi connectivity index (χ0n) is 14.7. The minimum atomic E-state index is -0.240. The number of carbonyl (C=O) groups excluding carboxylic acids is 1. The van der Waals surface area contributed by atoms with Crippen molar-refractivity contribution in [2.75, 3.05) is 0 Å². The predicted molar refractivity (Wildman–Crippen MR) is 98.4 cm³/mol. The lowest BCUT2D eigenvalue weighted by Crippen LogP contribution is -2.30. The fourth-order valence-corrected chi connectivity index (χ4v) is 2.66. The summed E-state index contributed by atoms with van der Waals surface area (Å²) in [6.07, 6.45) is 3.11. The molecule has 2 aromatic carbocycles. The largest absolute Gasteiger partial charge is 0.340 e. The SMILES string of the molecule is Cc1cnc(C(=O)N[C@@H](c2ccccc2)c2ccc(C)c(C)c2)cn1. The molecule has 4 nitrogen and oxygen atoms in total. The number of rotatable bonds is 4. The van der Waals surface area contributed by atoms with Crippen molar-refractivity contribution in [2.45, 2.75) is 26.8 Å². The molecule has 1 amide bonds. The second-order valence-electron chi connectivity index (χ2n) is 6.20. The van der Waals surface area contributed by atoms with Gasteiger partial charge in [-0.15, -0.1) is 0 Å². The van der Waals surface area contributed by atoms with Gasteiger partial charge >= 0.3 is 0 Å². The Balaban J connectivity index is 1.95. The average molecular weight is 331 g/mol. The molecule has 3 aromatic rings. The lowest BCUT2D eigenvalue weighted by atomic mass is 9.95. The van der Waals surface area contributed by atoms with E-state index in [0.29, 0.717) is 5.69 Å². The van der Waals surface area contributed by atoms with Crippen LogP contribution in [0, 0.1) is 20.8 Å². The van der Waals surface area contributed by atoms with Gasteiger partial charge in [0.15, 0.2) is 0 Å². The minimum absolute atomic E-state index is 0.236. The van der Waals surface area contributed by atoms with E-state index in [1.54, 1.807) is 6.20 Å². The number of nitrogens with one attached hydrogen (secondary N) is 1. The van der Waals surface area contributed by atoms with Gasteiger partial charge in [0.25, 0.3) is 5.91 Å². The van der Waals surface area contributed by atoms with Crippen molar-refractivity contribution in [3.8, 4) is 0 Å². The molecule has 0 radical (unpaired) electrons. The van der Waals surface area contributed by atoms with E-state index in [2.05, 4.69) is 47.3 Å². The smallest absolute Gasteiger partial charge is 0.272 e. The Morgan fingerprint density at radius 2 is 1.64 bits per heavy atom. The lowest BCUT2D eigenvalue weighted by Gasteiger charge is -2.20. The van der Waals surface area contributed by atoms with Crippen molar-refractivity contribution in [3.63, 3.8) is 0 Å². The van der Waals surface area contributed by atoms with E-state index in [9.17, 15) is 4.79 Å². The second kappa shape index (κ2) is 7.26. The van der Waals surface area contributed by atoms with Crippen LogP contribution in [0.2, 0.25) is 0 Å². The van der Waals surface area contributed by atoms with Gasteiger partial charge in [-0.05, 0) is 43.0 Å². The summed E-state index contributed by atoms with van der Waals surface area (Å²) in [5.74, 6) is -0.236. The highest BCUT2D eigenvalue weighted by atomic mass is 16.1. The van der Waals surface area contributed by atoms with Crippen LogP contribution in [0.1, 0.15) is 44.5 Å². The quantitative estimate of drug-likeness (QED) is 0.788. The summed E-state index contributed by atoms with van der Waals surface area (Å²) >= 11 is 0. The molecular weight excluding hydrogens is 310 g/mol. The minimum Gasteiger partial charge on any atom is -0.340 e. The zero-order chi connectivity index (χ0) is 17.8. The first kappa shape index (κ1) is 16.8. The summed E-state index contributed by atoms with van der Waals surface area (Å²) in [5.41, 5.74) is 5.59. The summed E-state index contributed by atoms with van der Waals surface area (Å²) in [5, 5.41) is 3.09. The van der Waals surface area contributed by atoms with E-state index in [1.165, 1.54) is 17.3 Å². The van der Waals surface area contributed by atoms with Gasteiger partial charge in [0.05, 0.1) is 17.9 Å². The highest BCUT2D eigenvalue weighted by Crippen LogP contribution is 2.24. The van der Waals surface area contributed by atoms with Gasteiger partial charge in [0.2, 0.25) is 0 Å². The molecule has 1 aromatic heterocycles. The van der Waals surface area contributed by atoms with E-state index in [0.717, 1.165) is 16.8 Å². The van der Waals surface area contributed by atoms with Crippen LogP contribution in [0.4, 0.5) is 0 Å². The van der Waals surface area contributed by atoms with Gasteiger partial charge < -0.3 is 5.32 Å². The monoisotopic (exact) mass is 331 g/mol. The highest BCUT2D eigenvalue weighted by Gasteiger charge is 2.19. The van der Waals surface area contributed by atoms with Crippen LogP contribution in [0.25, 0.3) is 0 Å². The molecule has 1 heterocycles. The Morgan fingerprint density at radius 1 is 0.880 bits per heavy atom. The normalized spacial score (nSPS) is 11.8. The van der Waals surface area contributed by atoms with Gasteiger partial charge in [-0.25, -0.2) is 4.98 Å². The molecule has 3 rings (SSSR count). The van der Waals surface area contributed by atoms with Crippen molar-refractivity contribution >= 4 is 5.91 Å². The van der Waals surface area contributed by atoms with Gasteiger partial charge in [-0.1, -0.05) is 48.5 Å². The molecular formula is C21H21N3O. The number of carbonyl (C=O) groups is 1. The molecule has 4 heteroatoms. The molecule has 0 aliphatic carbocycles. The Labute approximate surface area is 148 Å². The van der Waals surface area contributed by atoms with Crippen LogP contribution in [0.5, 0.6) is 0 Å². The number of hydrogen-bond acceptors (Lipinski definition) is 3. The molecule has 0 aliphatic rings. The average Bonchev–Trinajstić information content (AvgIpc) is 2.63. The third-order valence-electron chi connectivity index (χ3n) is 4.29. The maximum atomic E-state index is 12.7. The molecule has 0 spiro atoms. The number of aryl methyl sites for hydroxylation is 3. The van der Waals surface area contributed by atoms with E-state index < -0.39 is 0 Å². The molecule has 25 heavy (non-hydrogen) atoms. The molecule has 0 saturated carbocycles. The fraction of sp³-hybridized carbons (Fsp3) is 0.190. The molecule has 1 atom stereocenters. The molecule has 1 N–H and O–H groups in total. The molecule has 0 aliphatic heterocycles. The van der Waals surface area contributed by atoms with Gasteiger partial charge in [0.1, 0.15) is 5.69 Å². The number of hydrogen-bond donors (Lipinski definition) is 1.